The van der Waals surface area contributed by atoms with Gasteiger partial charge in [-0.2, -0.15) is 4.98 Å². The molecule has 1 atom stereocenters. The van der Waals surface area contributed by atoms with Crippen molar-refractivity contribution in [2.75, 3.05) is 36.6 Å². The third kappa shape index (κ3) is 4.53. The van der Waals surface area contributed by atoms with Crippen molar-refractivity contribution < 1.29 is 13.4 Å². The minimum absolute atomic E-state index is 0. The van der Waals surface area contributed by atoms with Gasteiger partial charge in [-0.05, 0) is 30.7 Å². The zero-order chi connectivity index (χ0) is 21.8. The first-order chi connectivity index (χ1) is 15.0. The second kappa shape index (κ2) is 8.92. The molecule has 31 heavy (non-hydrogen) atoms. The lowest BCUT2D eigenvalue weighted by atomic mass is 10.1. The summed E-state index contributed by atoms with van der Waals surface area (Å²) in [6.07, 6.45) is 3.45. The number of hydrogen-bond donors (Lipinski definition) is 3. The SMILES string of the molecule is COCCNc1nc(N[C@@H](C)c2ccc(F)cc2)cc(-c2c(N)nn3cccnc23)n1.[HH].[HH].[HH]. The van der Waals surface area contributed by atoms with Crippen molar-refractivity contribution in [3.05, 3.63) is 60.2 Å². The number of hydrogen-bond acceptors (Lipinski definition) is 8. The van der Waals surface area contributed by atoms with E-state index in [0.29, 0.717) is 47.6 Å². The molecule has 0 fully saturated rings. The van der Waals surface area contributed by atoms with Crippen LogP contribution in [0.3, 0.4) is 0 Å². The number of fused-ring (bicyclic) bond motifs is 1. The highest BCUT2D eigenvalue weighted by molar-refractivity contribution is 5.85. The van der Waals surface area contributed by atoms with Crippen LogP contribution in [0.2, 0.25) is 0 Å². The van der Waals surface area contributed by atoms with E-state index in [0.717, 1.165) is 5.56 Å². The van der Waals surface area contributed by atoms with Gasteiger partial charge in [-0.3, -0.25) is 0 Å². The zero-order valence-corrected chi connectivity index (χ0v) is 17.2. The van der Waals surface area contributed by atoms with Crippen molar-refractivity contribution in [1.29, 1.82) is 0 Å². The first kappa shape index (κ1) is 20.5. The fraction of sp³-hybridized carbons (Fsp3) is 0.238. The standard InChI is InChI=1S/C21H23FN8O.3H2/c1-13(14-4-6-15(22)7-5-14)26-17-12-16(27-21(28-17)25-9-11-31-2)18-19(23)29-30-10-3-8-24-20(18)30;;;/h3-8,10,12-13H,9,11H2,1-2H3,(H2,23,29)(H2,25,26,27,28);3*1H/t13-;;;/m0.../s1. The number of methoxy groups -OCH3 is 1. The van der Waals surface area contributed by atoms with Crippen LogP contribution in [0.1, 0.15) is 22.8 Å². The molecule has 9 nitrogen and oxygen atoms in total. The van der Waals surface area contributed by atoms with Gasteiger partial charge in [-0.1, -0.05) is 12.1 Å². The first-order valence-corrected chi connectivity index (χ1v) is 9.78. The second-order valence-electron chi connectivity index (χ2n) is 6.95. The largest absolute Gasteiger partial charge is 0.383 e. The number of anilines is 3. The summed E-state index contributed by atoms with van der Waals surface area (Å²) in [6.45, 7) is 3.01. The Balaban J connectivity index is 0.00000193. The van der Waals surface area contributed by atoms with Gasteiger partial charge in [0.2, 0.25) is 5.95 Å². The van der Waals surface area contributed by atoms with E-state index in [4.69, 9.17) is 10.5 Å². The van der Waals surface area contributed by atoms with Crippen LogP contribution < -0.4 is 16.4 Å². The van der Waals surface area contributed by atoms with E-state index < -0.39 is 0 Å². The van der Waals surface area contributed by atoms with Gasteiger partial charge in [-0.15, -0.1) is 5.10 Å². The molecular weight excluding hydrogens is 399 g/mol. The molecule has 1 aromatic carbocycles. The lowest BCUT2D eigenvalue weighted by Gasteiger charge is -2.17. The highest BCUT2D eigenvalue weighted by Gasteiger charge is 2.18. The van der Waals surface area contributed by atoms with Gasteiger partial charge in [0.05, 0.1) is 17.9 Å². The average molecular weight is 429 g/mol. The molecule has 4 aromatic rings. The van der Waals surface area contributed by atoms with Crippen molar-refractivity contribution in [2.24, 2.45) is 0 Å². The Morgan fingerprint density at radius 3 is 2.84 bits per heavy atom. The molecule has 0 saturated heterocycles. The Kier molecular flexibility index (Phi) is 5.89. The molecule has 0 radical (unpaired) electrons. The number of aromatic nitrogens is 5. The molecule has 0 saturated carbocycles. The number of nitrogens with one attached hydrogen (secondary N) is 2. The summed E-state index contributed by atoms with van der Waals surface area (Å²) in [5, 5.41) is 10.8. The molecule has 0 spiro atoms. The molecule has 10 heteroatoms. The van der Waals surface area contributed by atoms with E-state index in [1.165, 1.54) is 12.1 Å². The van der Waals surface area contributed by atoms with Crippen molar-refractivity contribution in [3.63, 3.8) is 0 Å². The number of nitrogen functional groups attached to an aromatic ring is 1. The van der Waals surface area contributed by atoms with E-state index in [-0.39, 0.29) is 16.1 Å². The molecule has 3 aromatic heterocycles. The van der Waals surface area contributed by atoms with Gasteiger partial charge in [0.25, 0.3) is 0 Å². The van der Waals surface area contributed by atoms with Gasteiger partial charge >= 0.3 is 0 Å². The van der Waals surface area contributed by atoms with Crippen LogP contribution >= 0.6 is 0 Å². The molecule has 0 aliphatic carbocycles. The zero-order valence-electron chi connectivity index (χ0n) is 17.2. The van der Waals surface area contributed by atoms with Crippen molar-refractivity contribution >= 4 is 23.2 Å². The maximum atomic E-state index is 13.3. The summed E-state index contributed by atoms with van der Waals surface area (Å²) in [7, 11) is 1.63. The maximum Gasteiger partial charge on any atom is 0.225 e. The summed E-state index contributed by atoms with van der Waals surface area (Å²) in [5.41, 5.74) is 8.90. The highest BCUT2D eigenvalue weighted by atomic mass is 19.1. The van der Waals surface area contributed by atoms with E-state index in [2.05, 4.69) is 30.7 Å². The predicted molar refractivity (Wildman–Crippen MR) is 124 cm³/mol. The second-order valence-corrected chi connectivity index (χ2v) is 6.95. The molecule has 0 bridgehead atoms. The van der Waals surface area contributed by atoms with E-state index in [1.807, 2.05) is 6.92 Å². The minimum Gasteiger partial charge on any atom is -0.383 e. The lowest BCUT2D eigenvalue weighted by molar-refractivity contribution is 0.210. The van der Waals surface area contributed by atoms with Crippen molar-refractivity contribution in [3.8, 4) is 11.3 Å². The molecule has 0 amide bonds. The number of halogens is 1. The first-order valence-electron chi connectivity index (χ1n) is 9.78. The molecule has 0 unspecified atom stereocenters. The monoisotopic (exact) mass is 428 g/mol. The maximum absolute atomic E-state index is 13.3. The Labute approximate surface area is 183 Å². The fourth-order valence-corrected chi connectivity index (χ4v) is 3.20. The molecular formula is C21H29FN8O. The van der Waals surface area contributed by atoms with Gasteiger partial charge in [-0.25, -0.2) is 18.9 Å². The molecule has 4 rings (SSSR count). The third-order valence-corrected chi connectivity index (χ3v) is 4.73. The normalized spacial score (nSPS) is 12.1. The minimum atomic E-state index is -0.277. The van der Waals surface area contributed by atoms with Crippen molar-refractivity contribution in [2.45, 2.75) is 13.0 Å². The smallest absolute Gasteiger partial charge is 0.225 e. The summed E-state index contributed by atoms with van der Waals surface area (Å²) >= 11 is 0. The lowest BCUT2D eigenvalue weighted by Crippen LogP contribution is -2.13. The Morgan fingerprint density at radius 1 is 1.26 bits per heavy atom. The van der Waals surface area contributed by atoms with Crippen LogP contribution in [-0.2, 0) is 4.74 Å². The number of ether oxygens (including phenoxy) is 1. The summed E-state index contributed by atoms with van der Waals surface area (Å²) < 4.78 is 20.0. The van der Waals surface area contributed by atoms with Crippen LogP contribution in [0.15, 0.2) is 48.8 Å². The molecule has 4 N–H and O–H groups in total. The summed E-state index contributed by atoms with van der Waals surface area (Å²) in [6, 6.07) is 9.79. The number of nitrogens with two attached hydrogens (primary N) is 1. The summed E-state index contributed by atoms with van der Waals surface area (Å²) in [4.78, 5) is 13.6. The van der Waals surface area contributed by atoms with Crippen LogP contribution in [0, 0.1) is 5.82 Å². The average Bonchev–Trinajstić information content (AvgIpc) is 3.10. The summed E-state index contributed by atoms with van der Waals surface area (Å²) in [5.74, 6) is 1.04. The molecule has 3 heterocycles. The van der Waals surface area contributed by atoms with E-state index in [9.17, 15) is 4.39 Å². The Morgan fingerprint density at radius 2 is 2.06 bits per heavy atom. The third-order valence-electron chi connectivity index (χ3n) is 4.73. The quantitative estimate of drug-likeness (QED) is 0.362. The number of rotatable bonds is 8. The molecule has 0 aliphatic rings. The number of benzene rings is 1. The Hall–Kier alpha value is -3.79. The van der Waals surface area contributed by atoms with Crippen LogP contribution in [0.5, 0.6) is 0 Å². The predicted octanol–water partition coefficient (Wildman–Crippen LogP) is 3.88. The van der Waals surface area contributed by atoms with Crippen LogP contribution in [0.4, 0.5) is 22.0 Å². The number of nitrogens with zero attached hydrogens (tertiary/aromatic N) is 5. The topological polar surface area (TPSA) is 115 Å². The van der Waals surface area contributed by atoms with Gasteiger partial charge in [0, 0.05) is 42.4 Å². The highest BCUT2D eigenvalue weighted by Crippen LogP contribution is 2.30. The fourth-order valence-electron chi connectivity index (χ4n) is 3.20. The molecule has 0 aliphatic heterocycles. The van der Waals surface area contributed by atoms with Gasteiger partial charge < -0.3 is 21.1 Å². The van der Waals surface area contributed by atoms with Gasteiger partial charge in [0.15, 0.2) is 11.5 Å². The van der Waals surface area contributed by atoms with Crippen LogP contribution in [-0.4, -0.2) is 44.8 Å². The van der Waals surface area contributed by atoms with Crippen molar-refractivity contribution in [1.82, 2.24) is 24.6 Å². The van der Waals surface area contributed by atoms with E-state index >= 15 is 0 Å². The van der Waals surface area contributed by atoms with E-state index in [1.54, 1.807) is 48.3 Å². The van der Waals surface area contributed by atoms with Crippen LogP contribution in [0.25, 0.3) is 16.9 Å². The van der Waals surface area contributed by atoms with Gasteiger partial charge in [0.1, 0.15) is 11.6 Å². The molecule has 166 valence electrons. The Bertz CT molecular complexity index is 1190.